The van der Waals surface area contributed by atoms with Gasteiger partial charge in [0.25, 0.3) is 0 Å². The van der Waals surface area contributed by atoms with Gasteiger partial charge in [0.15, 0.2) is 0 Å². The van der Waals surface area contributed by atoms with E-state index in [2.05, 4.69) is 15.9 Å². The van der Waals surface area contributed by atoms with Gasteiger partial charge in [-0.15, -0.1) is 11.3 Å². The molecule has 2 nitrogen and oxygen atoms in total. The molecular weight excluding hydrogens is 228 g/mol. The maximum Gasteiger partial charge on any atom is 0.303 e. The quantitative estimate of drug-likeness (QED) is 0.873. The van der Waals surface area contributed by atoms with Gasteiger partial charge in [-0.05, 0) is 39.4 Å². The minimum atomic E-state index is -0.743. The summed E-state index contributed by atoms with van der Waals surface area (Å²) in [7, 11) is 0. The Labute approximate surface area is 77.0 Å². The van der Waals surface area contributed by atoms with Crippen molar-refractivity contribution in [2.24, 2.45) is 0 Å². The predicted octanol–water partition coefficient (Wildman–Crippen LogP) is 2.53. The highest BCUT2D eigenvalue weighted by Crippen LogP contribution is 2.21. The molecule has 1 aromatic heterocycles. The monoisotopic (exact) mass is 234 g/mol. The fourth-order valence-corrected chi connectivity index (χ4v) is 1.97. The molecule has 11 heavy (non-hydrogen) atoms. The summed E-state index contributed by atoms with van der Waals surface area (Å²) in [5, 5.41) is 10.3. The Balaban J connectivity index is 2.45. The molecule has 1 aromatic rings. The number of carboxylic acid groups (broad SMARTS) is 1. The number of halogens is 1. The Morgan fingerprint density at radius 2 is 2.45 bits per heavy atom. The summed E-state index contributed by atoms with van der Waals surface area (Å²) in [5.41, 5.74) is 1.09. The van der Waals surface area contributed by atoms with E-state index in [0.717, 1.165) is 9.35 Å². The van der Waals surface area contributed by atoms with Crippen LogP contribution < -0.4 is 0 Å². The zero-order valence-electron chi connectivity index (χ0n) is 5.71. The molecule has 4 heteroatoms. The van der Waals surface area contributed by atoms with E-state index in [-0.39, 0.29) is 6.42 Å². The van der Waals surface area contributed by atoms with E-state index < -0.39 is 5.97 Å². The highest BCUT2D eigenvalue weighted by atomic mass is 79.9. The maximum absolute atomic E-state index is 10.2. The molecule has 0 aliphatic heterocycles. The molecule has 0 amide bonds. The molecule has 0 fully saturated rings. The first kappa shape index (κ1) is 8.74. The predicted molar refractivity (Wildman–Crippen MR) is 48.0 cm³/mol. The summed E-state index contributed by atoms with van der Waals surface area (Å²) in [4.78, 5) is 10.2. The van der Waals surface area contributed by atoms with E-state index in [4.69, 9.17) is 5.11 Å². The molecule has 60 valence electrons. The second-order valence-corrected chi connectivity index (χ2v) is 4.44. The Morgan fingerprint density at radius 3 is 2.91 bits per heavy atom. The maximum atomic E-state index is 10.2. The lowest BCUT2D eigenvalue weighted by Crippen LogP contribution is -1.95. The topological polar surface area (TPSA) is 37.3 Å². The summed E-state index contributed by atoms with van der Waals surface area (Å²) in [6, 6.07) is 1.95. The van der Waals surface area contributed by atoms with Gasteiger partial charge in [-0.25, -0.2) is 0 Å². The first-order chi connectivity index (χ1) is 5.18. The number of carboxylic acids is 1. The van der Waals surface area contributed by atoms with Crippen molar-refractivity contribution in [3.8, 4) is 0 Å². The molecule has 0 atom stereocenters. The molecule has 0 spiro atoms. The number of carbonyl (C=O) groups is 1. The molecule has 0 aromatic carbocycles. The molecule has 0 saturated heterocycles. The fourth-order valence-electron chi connectivity index (χ4n) is 0.728. The van der Waals surface area contributed by atoms with Gasteiger partial charge in [0, 0.05) is 6.42 Å². The Morgan fingerprint density at radius 1 is 1.73 bits per heavy atom. The molecule has 0 radical (unpaired) electrons. The van der Waals surface area contributed by atoms with Crippen LogP contribution in [0.3, 0.4) is 0 Å². The first-order valence-corrected chi connectivity index (χ1v) is 4.80. The molecular formula is C7H7BrO2S. The van der Waals surface area contributed by atoms with Crippen molar-refractivity contribution in [2.45, 2.75) is 12.8 Å². The van der Waals surface area contributed by atoms with Crippen LogP contribution in [-0.4, -0.2) is 11.1 Å². The van der Waals surface area contributed by atoms with Gasteiger partial charge in [0.2, 0.25) is 0 Å². The summed E-state index contributed by atoms with van der Waals surface area (Å²) in [6.45, 7) is 0. The lowest BCUT2D eigenvalue weighted by molar-refractivity contribution is -0.136. The van der Waals surface area contributed by atoms with E-state index in [1.54, 1.807) is 11.3 Å². The van der Waals surface area contributed by atoms with Crippen LogP contribution in [0.4, 0.5) is 0 Å². The van der Waals surface area contributed by atoms with E-state index in [0.29, 0.717) is 6.42 Å². The Bertz CT molecular complexity index is 257. The zero-order chi connectivity index (χ0) is 8.27. The smallest absolute Gasteiger partial charge is 0.303 e. The van der Waals surface area contributed by atoms with Crippen molar-refractivity contribution in [3.63, 3.8) is 0 Å². The molecule has 0 aliphatic rings. The van der Waals surface area contributed by atoms with Gasteiger partial charge in [0.05, 0.1) is 3.79 Å². The molecule has 0 bridgehead atoms. The molecule has 0 unspecified atom stereocenters. The van der Waals surface area contributed by atoms with Crippen molar-refractivity contribution in [1.29, 1.82) is 0 Å². The van der Waals surface area contributed by atoms with Gasteiger partial charge in [-0.3, -0.25) is 4.79 Å². The summed E-state index contributed by atoms with van der Waals surface area (Å²) < 4.78 is 1.05. The lowest BCUT2D eigenvalue weighted by atomic mass is 10.2. The second kappa shape index (κ2) is 3.88. The van der Waals surface area contributed by atoms with Crippen LogP contribution in [0.1, 0.15) is 12.0 Å². The largest absolute Gasteiger partial charge is 0.481 e. The fraction of sp³-hybridized carbons (Fsp3) is 0.286. The SMILES string of the molecule is O=C(O)CCc1csc(Br)c1. The number of hydrogen-bond acceptors (Lipinski definition) is 2. The number of aliphatic carboxylic acids is 1. The van der Waals surface area contributed by atoms with E-state index in [1.165, 1.54) is 0 Å². The molecule has 0 aliphatic carbocycles. The van der Waals surface area contributed by atoms with E-state index >= 15 is 0 Å². The number of hydrogen-bond donors (Lipinski definition) is 1. The van der Waals surface area contributed by atoms with Crippen LogP contribution in [0, 0.1) is 0 Å². The first-order valence-electron chi connectivity index (χ1n) is 3.13. The highest BCUT2D eigenvalue weighted by molar-refractivity contribution is 9.11. The van der Waals surface area contributed by atoms with Crippen LogP contribution in [-0.2, 0) is 11.2 Å². The van der Waals surface area contributed by atoms with Crippen molar-refractivity contribution < 1.29 is 9.90 Å². The zero-order valence-corrected chi connectivity index (χ0v) is 8.11. The van der Waals surface area contributed by atoms with E-state index in [1.807, 2.05) is 11.4 Å². The summed E-state index contributed by atoms with van der Waals surface area (Å²) in [5.74, 6) is -0.743. The minimum Gasteiger partial charge on any atom is -0.481 e. The van der Waals surface area contributed by atoms with Crippen molar-refractivity contribution >= 4 is 33.2 Å². The van der Waals surface area contributed by atoms with Gasteiger partial charge < -0.3 is 5.11 Å². The Hall–Kier alpha value is -0.350. The summed E-state index contributed by atoms with van der Waals surface area (Å²) in [6.07, 6.45) is 0.834. The van der Waals surface area contributed by atoms with Crippen molar-refractivity contribution in [1.82, 2.24) is 0 Å². The van der Waals surface area contributed by atoms with Crippen LogP contribution >= 0.6 is 27.3 Å². The number of thiophene rings is 1. The molecule has 1 rings (SSSR count). The molecule has 1 heterocycles. The third kappa shape index (κ3) is 3.03. The average Bonchev–Trinajstić information content (AvgIpc) is 2.31. The van der Waals surface area contributed by atoms with Crippen molar-refractivity contribution in [2.75, 3.05) is 0 Å². The highest BCUT2D eigenvalue weighted by Gasteiger charge is 2.00. The third-order valence-electron chi connectivity index (χ3n) is 1.25. The number of rotatable bonds is 3. The molecule has 0 saturated carbocycles. The van der Waals surface area contributed by atoms with Crippen LogP contribution in [0.15, 0.2) is 15.2 Å². The van der Waals surface area contributed by atoms with Crippen LogP contribution in [0.2, 0.25) is 0 Å². The van der Waals surface area contributed by atoms with Crippen LogP contribution in [0.5, 0.6) is 0 Å². The second-order valence-electron chi connectivity index (χ2n) is 2.15. The van der Waals surface area contributed by atoms with Gasteiger partial charge >= 0.3 is 5.97 Å². The van der Waals surface area contributed by atoms with Crippen LogP contribution in [0.25, 0.3) is 0 Å². The normalized spacial score (nSPS) is 9.91. The Kier molecular flexibility index (Phi) is 3.08. The summed E-state index contributed by atoms with van der Waals surface area (Å²) >= 11 is 4.89. The lowest BCUT2D eigenvalue weighted by Gasteiger charge is -1.90. The third-order valence-corrected chi connectivity index (χ3v) is 2.80. The van der Waals surface area contributed by atoms with Gasteiger partial charge in [-0.2, -0.15) is 0 Å². The van der Waals surface area contributed by atoms with Gasteiger partial charge in [0.1, 0.15) is 0 Å². The number of aryl methyl sites for hydroxylation is 1. The van der Waals surface area contributed by atoms with Crippen molar-refractivity contribution in [3.05, 3.63) is 20.8 Å². The van der Waals surface area contributed by atoms with E-state index in [9.17, 15) is 4.79 Å². The average molecular weight is 235 g/mol. The molecule has 1 N–H and O–H groups in total. The standard InChI is InChI=1S/C7H7BrO2S/c8-6-3-5(4-11-6)1-2-7(9)10/h3-4H,1-2H2,(H,9,10). The minimum absolute atomic E-state index is 0.211. The van der Waals surface area contributed by atoms with Gasteiger partial charge in [-0.1, -0.05) is 0 Å².